The molecule has 0 amide bonds. The van der Waals surface area contributed by atoms with Crippen LogP contribution in [0.15, 0.2) is 6.07 Å². The fourth-order valence-corrected chi connectivity index (χ4v) is 2.90. The van der Waals surface area contributed by atoms with E-state index in [1.54, 1.807) is 0 Å². The number of pyridine rings is 1. The standard InChI is InChI=1S/C14H20N3/c1-10-5-4-6-17(8-10)13-7-11(2)15-14-12(13)9-16(14)3/h7,9-10H,4-6,8H2,1-3H3/q+1. The third-order valence-electron chi connectivity index (χ3n) is 3.80. The van der Waals surface area contributed by atoms with Crippen LogP contribution < -0.4 is 20.2 Å². The summed E-state index contributed by atoms with van der Waals surface area (Å²) < 4.78 is 2.11. The molecule has 0 aliphatic carbocycles. The molecule has 0 bridgehead atoms. The van der Waals surface area contributed by atoms with Gasteiger partial charge in [-0.05, 0) is 23.7 Å². The zero-order valence-corrected chi connectivity index (χ0v) is 10.9. The molecule has 0 N–H and O–H groups in total. The van der Waals surface area contributed by atoms with Crippen molar-refractivity contribution >= 4 is 11.9 Å². The lowest BCUT2D eigenvalue weighted by atomic mass is 9.99. The molecule has 3 heteroatoms. The topological polar surface area (TPSA) is 19.1 Å². The highest BCUT2D eigenvalue weighted by molar-refractivity contribution is 5.54. The Morgan fingerprint density at radius 2 is 2.29 bits per heavy atom. The van der Waals surface area contributed by atoms with Gasteiger partial charge in [-0.25, -0.2) is 4.58 Å². The summed E-state index contributed by atoms with van der Waals surface area (Å²) in [7, 11) is 2.07. The Labute approximate surface area is 102 Å². The minimum atomic E-state index is 0.811. The molecule has 1 aromatic rings. The number of rotatable bonds is 1. The van der Waals surface area contributed by atoms with Crippen LogP contribution in [0, 0.1) is 12.8 Å². The molecular weight excluding hydrogens is 210 g/mol. The molecule has 3 nitrogen and oxygen atoms in total. The Morgan fingerprint density at radius 3 is 3.00 bits per heavy atom. The van der Waals surface area contributed by atoms with Crippen molar-refractivity contribution in [3.05, 3.63) is 22.5 Å². The summed E-state index contributed by atoms with van der Waals surface area (Å²) in [4.78, 5) is 7.12. The van der Waals surface area contributed by atoms with Gasteiger partial charge < -0.3 is 4.90 Å². The normalized spacial score (nSPS) is 22.9. The predicted molar refractivity (Wildman–Crippen MR) is 70.5 cm³/mol. The maximum absolute atomic E-state index is 4.58. The van der Waals surface area contributed by atoms with E-state index in [1.807, 2.05) is 0 Å². The molecule has 2 aliphatic rings. The first-order chi connectivity index (χ1) is 8.15. The highest BCUT2D eigenvalue weighted by atomic mass is 15.2. The number of hydrogen-bond donors (Lipinski definition) is 0. The number of fused-ring (bicyclic) bond motifs is 1. The monoisotopic (exact) mass is 230 g/mol. The van der Waals surface area contributed by atoms with E-state index >= 15 is 0 Å². The van der Waals surface area contributed by atoms with Crippen LogP contribution in [0.2, 0.25) is 0 Å². The van der Waals surface area contributed by atoms with Gasteiger partial charge in [0.15, 0.2) is 5.69 Å². The van der Waals surface area contributed by atoms with Gasteiger partial charge in [0.1, 0.15) is 11.4 Å². The van der Waals surface area contributed by atoms with E-state index in [0.29, 0.717) is 0 Å². The molecule has 3 heterocycles. The second-order valence-electron chi connectivity index (χ2n) is 5.45. The molecule has 1 atom stereocenters. The summed E-state index contributed by atoms with van der Waals surface area (Å²) in [5.74, 6) is 0.811. The van der Waals surface area contributed by atoms with Crippen LogP contribution in [-0.2, 0) is 0 Å². The number of aromatic nitrogens is 1. The molecule has 3 rings (SSSR count). The molecule has 1 aromatic heterocycles. The molecule has 1 saturated heterocycles. The Bertz CT molecular complexity index is 574. The first-order valence-electron chi connectivity index (χ1n) is 6.49. The summed E-state index contributed by atoms with van der Waals surface area (Å²) in [6.07, 6.45) is 4.87. The van der Waals surface area contributed by atoms with Gasteiger partial charge in [0.2, 0.25) is 0 Å². The average molecular weight is 230 g/mol. The molecule has 0 radical (unpaired) electrons. The summed E-state index contributed by atoms with van der Waals surface area (Å²) in [6, 6.07) is 2.24. The van der Waals surface area contributed by atoms with Crippen molar-refractivity contribution in [2.45, 2.75) is 26.7 Å². The van der Waals surface area contributed by atoms with Gasteiger partial charge in [0.05, 0.1) is 12.7 Å². The molecule has 0 aromatic carbocycles. The van der Waals surface area contributed by atoms with Crippen molar-refractivity contribution in [2.75, 3.05) is 25.0 Å². The first-order valence-corrected chi connectivity index (χ1v) is 6.49. The van der Waals surface area contributed by atoms with Gasteiger partial charge in [-0.3, -0.25) is 0 Å². The van der Waals surface area contributed by atoms with Crippen LogP contribution >= 0.6 is 0 Å². The van der Waals surface area contributed by atoms with Crippen molar-refractivity contribution in [1.82, 2.24) is 9.56 Å². The smallest absolute Gasteiger partial charge is 0.336 e. The zero-order chi connectivity index (χ0) is 12.0. The largest absolute Gasteiger partial charge is 0.370 e. The molecule has 0 spiro atoms. The van der Waals surface area contributed by atoms with Crippen LogP contribution in [0.5, 0.6) is 0 Å². The molecule has 1 unspecified atom stereocenters. The zero-order valence-electron chi connectivity index (χ0n) is 10.9. The second-order valence-corrected chi connectivity index (χ2v) is 5.45. The van der Waals surface area contributed by atoms with E-state index in [9.17, 15) is 0 Å². The molecule has 1 fully saturated rings. The lowest BCUT2D eigenvalue weighted by Crippen LogP contribution is -2.51. The highest BCUT2D eigenvalue weighted by Gasteiger charge is 2.23. The Balaban J connectivity index is 2.05. The second kappa shape index (κ2) is 3.83. The summed E-state index contributed by atoms with van der Waals surface area (Å²) in [5, 5.41) is 1.33. The number of nitrogens with zero attached hydrogens (tertiary/aromatic N) is 3. The van der Waals surface area contributed by atoms with Gasteiger partial charge in [-0.1, -0.05) is 6.92 Å². The van der Waals surface area contributed by atoms with Crippen molar-refractivity contribution in [3.8, 4) is 0 Å². The van der Waals surface area contributed by atoms with E-state index in [1.165, 1.54) is 36.8 Å². The Hall–Kier alpha value is -1.38. The van der Waals surface area contributed by atoms with Crippen LogP contribution in [-0.4, -0.2) is 25.1 Å². The lowest BCUT2D eigenvalue weighted by molar-refractivity contribution is 0.445. The number of piperidine rings is 1. The minimum absolute atomic E-state index is 0.811. The van der Waals surface area contributed by atoms with E-state index in [-0.39, 0.29) is 0 Å². The van der Waals surface area contributed by atoms with Crippen LogP contribution in [0.4, 0.5) is 5.69 Å². The fourth-order valence-electron chi connectivity index (χ4n) is 2.90. The molecule has 0 saturated carbocycles. The predicted octanol–water partition coefficient (Wildman–Crippen LogP) is 0.499. The van der Waals surface area contributed by atoms with Crippen molar-refractivity contribution in [3.63, 3.8) is 0 Å². The van der Waals surface area contributed by atoms with Crippen molar-refractivity contribution in [2.24, 2.45) is 5.92 Å². The maximum Gasteiger partial charge on any atom is 0.336 e. The average Bonchev–Trinajstić information content (AvgIpc) is 2.30. The first kappa shape index (κ1) is 10.8. The van der Waals surface area contributed by atoms with E-state index < -0.39 is 0 Å². The maximum atomic E-state index is 4.58. The summed E-state index contributed by atoms with van der Waals surface area (Å²) in [6.45, 7) is 6.82. The third-order valence-corrected chi connectivity index (χ3v) is 3.80. The molecule has 90 valence electrons. The number of hydrogen-bond acceptors (Lipinski definition) is 2. The van der Waals surface area contributed by atoms with E-state index in [2.05, 4.69) is 47.6 Å². The van der Waals surface area contributed by atoms with E-state index in [4.69, 9.17) is 0 Å². The van der Waals surface area contributed by atoms with Gasteiger partial charge in [-0.2, -0.15) is 0 Å². The van der Waals surface area contributed by atoms with Crippen molar-refractivity contribution in [1.29, 1.82) is 0 Å². The highest BCUT2D eigenvalue weighted by Crippen LogP contribution is 2.20. The van der Waals surface area contributed by atoms with Gasteiger partial charge in [0, 0.05) is 26.1 Å². The van der Waals surface area contributed by atoms with Gasteiger partial charge in [-0.15, -0.1) is 0 Å². The van der Waals surface area contributed by atoms with Crippen LogP contribution in [0.25, 0.3) is 6.20 Å². The van der Waals surface area contributed by atoms with Crippen LogP contribution in [0.1, 0.15) is 25.5 Å². The Morgan fingerprint density at radius 1 is 1.47 bits per heavy atom. The SMILES string of the molecule is Cc1cc(N2CCCC(C)C2)c2c(n1)=[N+](C)C=2. The van der Waals surface area contributed by atoms with Crippen LogP contribution in [0.3, 0.4) is 0 Å². The Kier molecular flexibility index (Phi) is 2.42. The quantitative estimate of drug-likeness (QED) is 0.654. The van der Waals surface area contributed by atoms with Gasteiger partial charge in [0.25, 0.3) is 0 Å². The molecular formula is C14H20N3+. The van der Waals surface area contributed by atoms with E-state index in [0.717, 1.165) is 17.1 Å². The van der Waals surface area contributed by atoms with Crippen molar-refractivity contribution < 1.29 is 0 Å². The third kappa shape index (κ3) is 1.74. The summed E-state index contributed by atoms with van der Waals surface area (Å²) >= 11 is 0. The number of aryl methyl sites for hydroxylation is 1. The molecule has 2 aliphatic heterocycles. The van der Waals surface area contributed by atoms with Gasteiger partial charge >= 0.3 is 5.49 Å². The fraction of sp³-hybridized carbons (Fsp3) is 0.571. The number of anilines is 1. The molecule has 17 heavy (non-hydrogen) atoms. The lowest BCUT2D eigenvalue weighted by Gasteiger charge is -2.33. The summed E-state index contributed by atoms with van der Waals surface area (Å²) in [5.41, 5.74) is 3.65. The minimum Gasteiger partial charge on any atom is -0.370 e.